The first-order valence-corrected chi connectivity index (χ1v) is 8.65. The highest BCUT2D eigenvalue weighted by Crippen LogP contribution is 2.26. The van der Waals surface area contributed by atoms with Crippen molar-refractivity contribution in [2.24, 2.45) is 0 Å². The fraction of sp³-hybridized carbons (Fsp3) is 0.0435. The van der Waals surface area contributed by atoms with Crippen LogP contribution in [-0.4, -0.2) is 18.0 Å². The van der Waals surface area contributed by atoms with Crippen molar-refractivity contribution in [2.45, 2.75) is 0 Å². The highest BCUT2D eigenvalue weighted by molar-refractivity contribution is 6.08. The number of rotatable bonds is 4. The van der Waals surface area contributed by atoms with E-state index >= 15 is 0 Å². The second kappa shape index (κ2) is 7.30. The molecule has 0 aliphatic carbocycles. The smallest absolute Gasteiger partial charge is 0.257 e. The van der Waals surface area contributed by atoms with Gasteiger partial charge in [0.2, 0.25) is 0 Å². The number of hydrogen-bond donors (Lipinski definition) is 1. The molecule has 1 amide bonds. The van der Waals surface area contributed by atoms with Crippen LogP contribution in [0.2, 0.25) is 0 Å². The molecule has 1 N–H and O–H groups in total. The second-order valence-corrected chi connectivity index (χ2v) is 6.12. The Morgan fingerprint density at radius 2 is 1.59 bits per heavy atom. The van der Waals surface area contributed by atoms with Gasteiger partial charge in [-0.1, -0.05) is 48.5 Å². The molecule has 4 rings (SSSR count). The lowest BCUT2D eigenvalue weighted by molar-refractivity contribution is 0.102. The van der Waals surface area contributed by atoms with E-state index in [1.165, 1.54) is 0 Å². The van der Waals surface area contributed by atoms with E-state index in [4.69, 9.17) is 4.74 Å². The summed E-state index contributed by atoms with van der Waals surface area (Å²) in [6, 6.07) is 26.8. The molecule has 0 radical (unpaired) electrons. The molecule has 1 aromatic heterocycles. The van der Waals surface area contributed by atoms with E-state index in [0.29, 0.717) is 11.4 Å². The van der Waals surface area contributed by atoms with Crippen molar-refractivity contribution in [1.29, 1.82) is 0 Å². The fourth-order valence-corrected chi connectivity index (χ4v) is 3.02. The number of nitrogens with one attached hydrogen (secondary N) is 1. The molecule has 27 heavy (non-hydrogen) atoms. The second-order valence-electron chi connectivity index (χ2n) is 6.12. The lowest BCUT2D eigenvalue weighted by atomic mass is 9.99. The van der Waals surface area contributed by atoms with E-state index in [2.05, 4.69) is 10.3 Å². The molecule has 0 unspecified atom stereocenters. The standard InChI is InChI=1S/C23H18N2O2/c1-27-18-13-10-16(11-14-18)19-7-3-4-8-20(19)23(26)25-22-15-12-17-6-2-5-9-21(17)24-22/h2-15H,1H3,(H,24,25,26). The van der Waals surface area contributed by atoms with Crippen LogP contribution < -0.4 is 10.1 Å². The van der Waals surface area contributed by atoms with Gasteiger partial charge in [0.1, 0.15) is 11.6 Å². The average molecular weight is 354 g/mol. The lowest BCUT2D eigenvalue weighted by Gasteiger charge is -2.11. The topological polar surface area (TPSA) is 51.2 Å². The fourth-order valence-electron chi connectivity index (χ4n) is 3.02. The summed E-state index contributed by atoms with van der Waals surface area (Å²) in [4.78, 5) is 17.4. The van der Waals surface area contributed by atoms with Crippen LogP contribution in [0.15, 0.2) is 84.9 Å². The summed E-state index contributed by atoms with van der Waals surface area (Å²) in [5.41, 5.74) is 3.25. The molecule has 0 aliphatic heterocycles. The number of anilines is 1. The van der Waals surface area contributed by atoms with E-state index < -0.39 is 0 Å². The van der Waals surface area contributed by atoms with Gasteiger partial charge < -0.3 is 10.1 Å². The van der Waals surface area contributed by atoms with Crippen molar-refractivity contribution in [2.75, 3.05) is 12.4 Å². The summed E-state index contributed by atoms with van der Waals surface area (Å²) in [6.07, 6.45) is 0. The van der Waals surface area contributed by atoms with E-state index in [1.54, 1.807) is 7.11 Å². The van der Waals surface area contributed by atoms with Gasteiger partial charge in [0.05, 0.1) is 12.6 Å². The normalized spacial score (nSPS) is 10.6. The van der Waals surface area contributed by atoms with Gasteiger partial charge in [0.25, 0.3) is 5.91 Å². The van der Waals surface area contributed by atoms with Crippen molar-refractivity contribution >= 4 is 22.6 Å². The van der Waals surface area contributed by atoms with E-state index in [9.17, 15) is 4.79 Å². The van der Waals surface area contributed by atoms with Gasteiger partial charge in [0, 0.05) is 10.9 Å². The number of aromatic nitrogens is 1. The Morgan fingerprint density at radius 3 is 2.41 bits per heavy atom. The number of carbonyl (C=O) groups excluding carboxylic acids is 1. The first kappa shape index (κ1) is 16.8. The van der Waals surface area contributed by atoms with Crippen molar-refractivity contribution in [3.63, 3.8) is 0 Å². The Labute approximate surface area is 157 Å². The molecule has 4 nitrogen and oxygen atoms in total. The molecule has 1 heterocycles. The van der Waals surface area contributed by atoms with Gasteiger partial charge >= 0.3 is 0 Å². The van der Waals surface area contributed by atoms with E-state index in [0.717, 1.165) is 27.8 Å². The first-order chi connectivity index (χ1) is 13.2. The lowest BCUT2D eigenvalue weighted by Crippen LogP contribution is -2.14. The Bertz CT molecular complexity index is 1100. The molecule has 4 aromatic rings. The van der Waals surface area contributed by atoms with Crippen LogP contribution >= 0.6 is 0 Å². The highest BCUT2D eigenvalue weighted by atomic mass is 16.5. The predicted molar refractivity (Wildman–Crippen MR) is 108 cm³/mol. The van der Waals surface area contributed by atoms with Crippen LogP contribution in [0.3, 0.4) is 0 Å². The predicted octanol–water partition coefficient (Wildman–Crippen LogP) is 5.16. The molecule has 0 spiro atoms. The molecule has 0 saturated heterocycles. The van der Waals surface area contributed by atoms with Gasteiger partial charge in [-0.05, 0) is 47.5 Å². The summed E-state index contributed by atoms with van der Waals surface area (Å²) in [7, 11) is 1.63. The van der Waals surface area contributed by atoms with E-state index in [-0.39, 0.29) is 5.91 Å². The number of carbonyl (C=O) groups is 1. The molecular formula is C23H18N2O2. The number of hydrogen-bond acceptors (Lipinski definition) is 3. The third kappa shape index (κ3) is 3.51. The molecule has 4 heteroatoms. The first-order valence-electron chi connectivity index (χ1n) is 8.65. The average Bonchev–Trinajstić information content (AvgIpc) is 2.73. The van der Waals surface area contributed by atoms with Gasteiger partial charge in [-0.3, -0.25) is 4.79 Å². The summed E-state index contributed by atoms with van der Waals surface area (Å²) in [5.74, 6) is 1.12. The molecule has 0 fully saturated rings. The van der Waals surface area contributed by atoms with Gasteiger partial charge in [0.15, 0.2) is 0 Å². The summed E-state index contributed by atoms with van der Waals surface area (Å²) in [5, 5.41) is 3.94. The number of fused-ring (bicyclic) bond motifs is 1. The molecule has 0 bridgehead atoms. The number of pyridine rings is 1. The number of nitrogens with zero attached hydrogens (tertiary/aromatic N) is 1. The van der Waals surface area contributed by atoms with Crippen molar-refractivity contribution in [3.8, 4) is 16.9 Å². The monoisotopic (exact) mass is 354 g/mol. The molecule has 3 aromatic carbocycles. The maximum absolute atomic E-state index is 12.9. The maximum atomic E-state index is 12.9. The Morgan fingerprint density at radius 1 is 0.852 bits per heavy atom. The van der Waals surface area contributed by atoms with Crippen LogP contribution in [0.5, 0.6) is 5.75 Å². The largest absolute Gasteiger partial charge is 0.497 e. The van der Waals surface area contributed by atoms with Gasteiger partial charge in [-0.25, -0.2) is 4.98 Å². The Hall–Kier alpha value is -3.66. The maximum Gasteiger partial charge on any atom is 0.257 e. The molecule has 0 aliphatic rings. The van der Waals surface area contributed by atoms with E-state index in [1.807, 2.05) is 84.9 Å². The molecule has 0 saturated carbocycles. The third-order valence-electron chi connectivity index (χ3n) is 4.41. The van der Waals surface area contributed by atoms with Crippen LogP contribution in [0.25, 0.3) is 22.0 Å². The van der Waals surface area contributed by atoms with Crippen LogP contribution in [0.4, 0.5) is 5.82 Å². The van der Waals surface area contributed by atoms with Crippen molar-refractivity contribution < 1.29 is 9.53 Å². The minimum atomic E-state index is -0.191. The highest BCUT2D eigenvalue weighted by Gasteiger charge is 2.13. The van der Waals surface area contributed by atoms with Crippen molar-refractivity contribution in [3.05, 3.63) is 90.5 Å². The van der Waals surface area contributed by atoms with Crippen LogP contribution in [-0.2, 0) is 0 Å². The SMILES string of the molecule is COc1ccc(-c2ccccc2C(=O)Nc2ccc3ccccc3n2)cc1. The number of para-hydroxylation sites is 1. The van der Waals surface area contributed by atoms with Crippen LogP contribution in [0, 0.1) is 0 Å². The summed E-state index contributed by atoms with van der Waals surface area (Å²) in [6.45, 7) is 0. The molecule has 132 valence electrons. The summed E-state index contributed by atoms with van der Waals surface area (Å²) < 4.78 is 5.21. The number of methoxy groups -OCH3 is 1. The van der Waals surface area contributed by atoms with Gasteiger partial charge in [-0.15, -0.1) is 0 Å². The minimum absolute atomic E-state index is 0.191. The summed E-state index contributed by atoms with van der Waals surface area (Å²) >= 11 is 0. The Balaban J connectivity index is 1.65. The zero-order valence-electron chi connectivity index (χ0n) is 14.8. The third-order valence-corrected chi connectivity index (χ3v) is 4.41. The van der Waals surface area contributed by atoms with Crippen LogP contribution in [0.1, 0.15) is 10.4 Å². The van der Waals surface area contributed by atoms with Crippen molar-refractivity contribution in [1.82, 2.24) is 4.98 Å². The van der Waals surface area contributed by atoms with Gasteiger partial charge in [-0.2, -0.15) is 0 Å². The quantitative estimate of drug-likeness (QED) is 0.550. The number of ether oxygens (including phenoxy) is 1. The minimum Gasteiger partial charge on any atom is -0.497 e. The zero-order valence-corrected chi connectivity index (χ0v) is 14.8. The molecular weight excluding hydrogens is 336 g/mol. The molecule has 0 atom stereocenters. The zero-order chi connectivity index (χ0) is 18.6. The number of benzene rings is 3. The number of amides is 1. The Kier molecular flexibility index (Phi) is 4.54.